The first kappa shape index (κ1) is 25.2. The quantitative estimate of drug-likeness (QED) is 0.283. The Kier molecular flexibility index (Phi) is 8.59. The summed E-state index contributed by atoms with van der Waals surface area (Å²) >= 11 is 0. The minimum Gasteiger partial charge on any atom is -0.275 e. The van der Waals surface area contributed by atoms with Crippen molar-refractivity contribution in [3.63, 3.8) is 0 Å². The van der Waals surface area contributed by atoms with Gasteiger partial charge in [0.1, 0.15) is 0 Å². The van der Waals surface area contributed by atoms with E-state index in [2.05, 4.69) is 110 Å². The van der Waals surface area contributed by atoms with Crippen LogP contribution < -0.4 is 0 Å². The summed E-state index contributed by atoms with van der Waals surface area (Å²) in [6.45, 7) is 16.6. The molecular formula is C31H37N3. The van der Waals surface area contributed by atoms with E-state index < -0.39 is 0 Å². The van der Waals surface area contributed by atoms with Crippen LogP contribution in [0.15, 0.2) is 104 Å². The van der Waals surface area contributed by atoms with Gasteiger partial charge in [0.2, 0.25) is 0 Å². The Morgan fingerprint density at radius 3 is 2.56 bits per heavy atom. The first-order valence-corrected chi connectivity index (χ1v) is 12.0. The summed E-state index contributed by atoms with van der Waals surface area (Å²) in [5.74, 6) is 2.01. The first-order chi connectivity index (χ1) is 16.4. The van der Waals surface area contributed by atoms with E-state index in [1.54, 1.807) is 6.08 Å². The summed E-state index contributed by atoms with van der Waals surface area (Å²) in [5, 5.41) is 9.31. The number of benzene rings is 1. The van der Waals surface area contributed by atoms with Crippen molar-refractivity contribution >= 4 is 11.1 Å². The predicted molar refractivity (Wildman–Crippen MR) is 147 cm³/mol. The third kappa shape index (κ3) is 6.32. The summed E-state index contributed by atoms with van der Waals surface area (Å²) in [4.78, 5) is 0. The summed E-state index contributed by atoms with van der Waals surface area (Å²) in [6, 6.07) is 10.4. The number of para-hydroxylation sites is 1. The van der Waals surface area contributed by atoms with E-state index >= 15 is 0 Å². The molecule has 0 saturated carbocycles. The van der Waals surface area contributed by atoms with Crippen molar-refractivity contribution in [2.75, 3.05) is 0 Å². The van der Waals surface area contributed by atoms with Crippen LogP contribution in [0.4, 0.5) is 0 Å². The molecule has 0 radical (unpaired) electrons. The molecule has 1 heterocycles. The number of rotatable bonds is 9. The molecule has 3 nitrogen and oxygen atoms in total. The van der Waals surface area contributed by atoms with Gasteiger partial charge in [-0.1, -0.05) is 98.9 Å². The van der Waals surface area contributed by atoms with Crippen molar-refractivity contribution in [2.24, 2.45) is 11.3 Å². The lowest BCUT2D eigenvalue weighted by Gasteiger charge is -2.19. The third-order valence-electron chi connectivity index (χ3n) is 6.28. The maximum absolute atomic E-state index is 4.66. The topological polar surface area (TPSA) is 30.7 Å². The second-order valence-corrected chi connectivity index (χ2v) is 9.65. The molecule has 0 N–H and O–H groups in total. The van der Waals surface area contributed by atoms with E-state index in [1.807, 2.05) is 24.3 Å². The zero-order chi connectivity index (χ0) is 24.6. The highest BCUT2D eigenvalue weighted by Gasteiger charge is 2.21. The molecule has 1 aromatic carbocycles. The van der Waals surface area contributed by atoms with Crippen molar-refractivity contribution in [3.8, 4) is 5.69 Å². The highest BCUT2D eigenvalue weighted by atomic mass is 15.3. The molecule has 1 unspecified atom stereocenters. The van der Waals surface area contributed by atoms with Gasteiger partial charge in [-0.2, -0.15) is 0 Å². The van der Waals surface area contributed by atoms with Crippen LogP contribution in [-0.2, 0) is 0 Å². The highest BCUT2D eigenvalue weighted by Crippen LogP contribution is 2.33. The Morgan fingerprint density at radius 1 is 1.09 bits per heavy atom. The van der Waals surface area contributed by atoms with Crippen molar-refractivity contribution in [1.82, 2.24) is 14.8 Å². The van der Waals surface area contributed by atoms with Crippen LogP contribution in [0.25, 0.3) is 16.8 Å². The second-order valence-electron chi connectivity index (χ2n) is 9.65. The van der Waals surface area contributed by atoms with Crippen LogP contribution in [-0.4, -0.2) is 14.8 Å². The van der Waals surface area contributed by atoms with E-state index in [-0.39, 0.29) is 11.3 Å². The zero-order valence-corrected chi connectivity index (χ0v) is 21.0. The van der Waals surface area contributed by atoms with Crippen LogP contribution in [0, 0.1) is 11.3 Å². The SMILES string of the molecule is C=C/C=C\C=C(/C)C(C=C)C/C=C(\C)c1nnc(C2=CCC(C)(C)CC=C2)n1-c1ccccc1. The van der Waals surface area contributed by atoms with Gasteiger partial charge in [-0.05, 0) is 56.2 Å². The van der Waals surface area contributed by atoms with Gasteiger partial charge in [0.15, 0.2) is 11.6 Å². The zero-order valence-electron chi connectivity index (χ0n) is 21.0. The fraction of sp³-hybridized carbons (Fsp3) is 0.290. The van der Waals surface area contributed by atoms with Crippen LogP contribution in [0.5, 0.6) is 0 Å². The van der Waals surface area contributed by atoms with Gasteiger partial charge in [0, 0.05) is 17.2 Å². The minimum absolute atomic E-state index is 0.250. The highest BCUT2D eigenvalue weighted by molar-refractivity contribution is 5.73. The Labute approximate surface area is 205 Å². The van der Waals surface area contributed by atoms with Gasteiger partial charge in [0.25, 0.3) is 0 Å². The summed E-state index contributed by atoms with van der Waals surface area (Å²) < 4.78 is 2.18. The molecule has 1 aliphatic carbocycles. The van der Waals surface area contributed by atoms with Crippen molar-refractivity contribution in [1.29, 1.82) is 0 Å². The molecule has 1 aliphatic rings. The molecule has 0 aliphatic heterocycles. The lowest BCUT2D eigenvalue weighted by Crippen LogP contribution is -2.07. The van der Waals surface area contributed by atoms with E-state index in [1.165, 1.54) is 5.57 Å². The van der Waals surface area contributed by atoms with Crippen LogP contribution in [0.3, 0.4) is 0 Å². The van der Waals surface area contributed by atoms with Gasteiger partial charge in [-0.3, -0.25) is 4.57 Å². The second kappa shape index (κ2) is 11.6. The third-order valence-corrected chi connectivity index (χ3v) is 6.28. The van der Waals surface area contributed by atoms with Gasteiger partial charge in [0.05, 0.1) is 0 Å². The first-order valence-electron chi connectivity index (χ1n) is 12.0. The number of aromatic nitrogens is 3. The molecular weight excluding hydrogens is 414 g/mol. The van der Waals surface area contributed by atoms with Crippen molar-refractivity contribution < 1.29 is 0 Å². The van der Waals surface area contributed by atoms with E-state index in [0.717, 1.165) is 47.7 Å². The molecule has 34 heavy (non-hydrogen) atoms. The molecule has 0 saturated heterocycles. The Balaban J connectivity index is 1.99. The molecule has 0 spiro atoms. The average molecular weight is 452 g/mol. The fourth-order valence-electron chi connectivity index (χ4n) is 4.03. The van der Waals surface area contributed by atoms with Crippen LogP contribution in [0.1, 0.15) is 58.6 Å². The lowest BCUT2D eigenvalue weighted by molar-refractivity contribution is 0.379. The van der Waals surface area contributed by atoms with E-state index in [4.69, 9.17) is 0 Å². The Hall–Kier alpha value is -3.46. The number of allylic oxidation sites excluding steroid dienone is 12. The van der Waals surface area contributed by atoms with Gasteiger partial charge >= 0.3 is 0 Å². The van der Waals surface area contributed by atoms with Gasteiger partial charge < -0.3 is 0 Å². The fourth-order valence-corrected chi connectivity index (χ4v) is 4.03. The number of hydrogen-bond donors (Lipinski definition) is 0. The van der Waals surface area contributed by atoms with Crippen molar-refractivity contribution in [2.45, 2.75) is 47.0 Å². The number of hydrogen-bond acceptors (Lipinski definition) is 2. The number of nitrogens with zero attached hydrogens (tertiary/aromatic N) is 3. The smallest absolute Gasteiger partial charge is 0.168 e. The lowest BCUT2D eigenvalue weighted by atomic mass is 9.86. The molecule has 0 amide bonds. The molecule has 3 heteroatoms. The van der Waals surface area contributed by atoms with Gasteiger partial charge in [-0.15, -0.1) is 16.8 Å². The molecule has 3 rings (SSSR count). The maximum atomic E-state index is 4.66. The largest absolute Gasteiger partial charge is 0.275 e. The monoisotopic (exact) mass is 451 g/mol. The van der Waals surface area contributed by atoms with Crippen molar-refractivity contribution in [3.05, 3.63) is 115 Å². The van der Waals surface area contributed by atoms with E-state index in [0.29, 0.717) is 0 Å². The summed E-state index contributed by atoms with van der Waals surface area (Å²) in [6.07, 6.45) is 21.8. The molecule has 176 valence electrons. The minimum atomic E-state index is 0.250. The molecule has 1 aromatic heterocycles. The van der Waals surface area contributed by atoms with Crippen LogP contribution in [0.2, 0.25) is 0 Å². The van der Waals surface area contributed by atoms with E-state index in [9.17, 15) is 0 Å². The molecule has 2 aromatic rings. The molecule has 0 bridgehead atoms. The molecule has 0 fully saturated rings. The average Bonchev–Trinajstić information content (AvgIpc) is 3.19. The normalized spacial score (nSPS) is 17.4. The maximum Gasteiger partial charge on any atom is 0.168 e. The molecule has 1 atom stereocenters. The van der Waals surface area contributed by atoms with Gasteiger partial charge in [-0.25, -0.2) is 0 Å². The van der Waals surface area contributed by atoms with Crippen LogP contribution >= 0.6 is 0 Å². The Bertz CT molecular complexity index is 1150. The Morgan fingerprint density at radius 2 is 1.85 bits per heavy atom. The predicted octanol–water partition coefficient (Wildman–Crippen LogP) is 8.31. The summed E-state index contributed by atoms with van der Waals surface area (Å²) in [7, 11) is 0. The standard InChI is InChI=1S/C31H37N3/c1-7-9-11-15-24(3)26(8-2)20-19-25(4)29-32-33-30(34(29)28-17-12-10-13-18-28)27-16-14-22-31(5,6)23-21-27/h7-19,21,26H,1-2,20,22-23H2,3-6H3/b11-9-,24-15+,25-19+. The summed E-state index contributed by atoms with van der Waals surface area (Å²) in [5.41, 5.74) is 4.80.